The van der Waals surface area contributed by atoms with Gasteiger partial charge in [-0.1, -0.05) is 6.92 Å². The molecule has 0 fully saturated rings. The number of alkyl halides is 20. The van der Waals surface area contributed by atoms with Gasteiger partial charge in [-0.3, -0.25) is 0 Å². The second kappa shape index (κ2) is 10.6. The number of hydrogen-bond acceptors (Lipinski definition) is 4. The van der Waals surface area contributed by atoms with Crippen molar-refractivity contribution in [3.8, 4) is 0 Å². The normalized spacial score (nSPS) is 19.1. The number of hydrogen-bond donors (Lipinski definition) is 0. The predicted octanol–water partition coefficient (Wildman–Crippen LogP) is 5.90. The van der Waals surface area contributed by atoms with Crippen molar-refractivity contribution in [3.63, 3.8) is 0 Å². The maximum atomic E-state index is 14.1. The van der Waals surface area contributed by atoms with Crippen LogP contribution in [0.5, 0.6) is 0 Å². The molecule has 0 N–H and O–H groups in total. The Morgan fingerprint density at radius 1 is 0.683 bits per heavy atom. The lowest BCUT2D eigenvalue weighted by Crippen LogP contribution is -2.75. The number of ether oxygens (including phenoxy) is 1. The first-order chi connectivity index (χ1) is 17.5. The van der Waals surface area contributed by atoms with Crippen LogP contribution in [-0.4, -0.2) is 96.3 Å². The molecule has 0 aromatic heterocycles. The molecule has 246 valence electrons. The van der Waals surface area contributed by atoms with Gasteiger partial charge in [-0.2, -0.15) is 92.4 Å². The molecule has 0 aromatic carbocycles. The number of likely N-dealkylation sites (N-methyl/N-ethyl adjacent to an activating group) is 1. The molecule has 1 heterocycles. The lowest BCUT2D eigenvalue weighted by atomic mass is 9.89. The van der Waals surface area contributed by atoms with Crippen LogP contribution >= 0.6 is 0 Å². The summed E-state index contributed by atoms with van der Waals surface area (Å²) in [6.07, 6.45) is -7.98. The second-order valence-corrected chi connectivity index (χ2v) is 9.08. The predicted molar refractivity (Wildman–Crippen MR) is 87.7 cm³/mol. The third kappa shape index (κ3) is 5.94. The summed E-state index contributed by atoms with van der Waals surface area (Å²) >= 11 is 0. The molecule has 0 amide bonds. The smallest absolute Gasteiger partial charge is 0.485 e. The molecule has 1 aliphatic rings. The Balaban J connectivity index is 0.00000173. The lowest BCUT2D eigenvalue weighted by Gasteiger charge is -2.42. The molecular formula is C15H11F20NO4S. The van der Waals surface area contributed by atoms with Crippen molar-refractivity contribution < 1.29 is 110 Å². The zero-order chi connectivity index (χ0) is 33.9. The number of halogens is 20. The van der Waals surface area contributed by atoms with Gasteiger partial charge < -0.3 is 9.29 Å². The van der Waals surface area contributed by atoms with Gasteiger partial charge in [0.1, 0.15) is 7.05 Å². The zero-order valence-corrected chi connectivity index (χ0v) is 19.9. The van der Waals surface area contributed by atoms with E-state index in [0.29, 0.717) is 7.05 Å². The summed E-state index contributed by atoms with van der Waals surface area (Å²) in [4.78, 5) is 0. The molecule has 0 aromatic rings. The molecular weight excluding hydrogens is 670 g/mol. The molecule has 1 aliphatic heterocycles. The summed E-state index contributed by atoms with van der Waals surface area (Å²) in [7, 11) is -5.60. The summed E-state index contributed by atoms with van der Waals surface area (Å²) in [6, 6.07) is -1.26. The van der Waals surface area contributed by atoms with Crippen molar-refractivity contribution in [1.82, 2.24) is 0 Å². The van der Waals surface area contributed by atoms with E-state index in [1.165, 1.54) is 6.92 Å². The summed E-state index contributed by atoms with van der Waals surface area (Å²) in [5, 5.41) is 0. The van der Waals surface area contributed by atoms with Gasteiger partial charge in [-0.25, -0.2) is 8.42 Å². The highest BCUT2D eigenvalue weighted by Gasteiger charge is 2.96. The van der Waals surface area contributed by atoms with Crippen LogP contribution in [0.3, 0.4) is 0 Å². The topological polar surface area (TPSA) is 69.4 Å². The van der Waals surface area contributed by atoms with E-state index in [9.17, 15) is 87.8 Å². The largest absolute Gasteiger partial charge is 0.741 e. The third-order valence-electron chi connectivity index (χ3n) is 5.03. The Bertz CT molecular complexity index is 1090. The Morgan fingerprint density at radius 2 is 0.976 bits per heavy atom. The highest BCUT2D eigenvalue weighted by atomic mass is 32.2. The maximum absolute atomic E-state index is 14.1. The van der Waals surface area contributed by atoms with Gasteiger partial charge in [0.05, 0.1) is 0 Å². The Kier molecular flexibility index (Phi) is 10.1. The van der Waals surface area contributed by atoms with Gasteiger partial charge in [0.2, 0.25) is 0 Å². The highest BCUT2D eigenvalue weighted by Crippen LogP contribution is 2.64. The zero-order valence-electron chi connectivity index (χ0n) is 19.0. The molecule has 0 aliphatic carbocycles. The Labute approximate surface area is 213 Å². The Hall–Kier alpha value is -2.02. The molecule has 0 saturated carbocycles. The van der Waals surface area contributed by atoms with Crippen LogP contribution < -0.4 is 0 Å². The van der Waals surface area contributed by atoms with Crippen molar-refractivity contribution in [2.75, 3.05) is 13.7 Å². The summed E-state index contributed by atoms with van der Waals surface area (Å²) in [5.41, 5.74) is -5.65. The number of rotatable bonds is 8. The fraction of sp³-hybridized carbons (Fsp3) is 0.933. The van der Waals surface area contributed by atoms with Crippen LogP contribution in [-0.2, 0) is 14.9 Å². The standard InChI is InChI=1S/C14H11F17NO.CHF3O3S/c1-3-5-4-33-6(32(5)2)7(15,16)8(17,18)9(19,20)10(21,22)11(23,24)12(25,26)13(27,28)14(29,30)31;2-1(3,4)8(5,6)7/h5H,3-4H2,1-2H3;(H,5,6,7)/q+1;/p-1. The molecule has 0 spiro atoms. The van der Waals surface area contributed by atoms with Gasteiger partial charge in [0.15, 0.2) is 22.8 Å². The summed E-state index contributed by atoms with van der Waals surface area (Å²) in [5.74, 6) is -59.2. The average Bonchev–Trinajstić information content (AvgIpc) is 3.12. The van der Waals surface area contributed by atoms with Crippen LogP contribution in [0.15, 0.2) is 0 Å². The fourth-order valence-corrected chi connectivity index (χ4v) is 2.56. The number of nitrogens with zero attached hydrogens (tertiary/aromatic N) is 1. The molecule has 26 heteroatoms. The summed E-state index contributed by atoms with van der Waals surface area (Å²) < 4.78 is 288. The van der Waals surface area contributed by atoms with Crippen LogP contribution in [0.1, 0.15) is 13.3 Å². The van der Waals surface area contributed by atoms with Crippen LogP contribution in [0.25, 0.3) is 0 Å². The van der Waals surface area contributed by atoms with Crippen LogP contribution in [0.2, 0.25) is 0 Å². The van der Waals surface area contributed by atoms with Gasteiger partial charge in [0, 0.05) is 6.42 Å². The SMILES string of the molecule is CCC1COC(C(F)(F)C(F)(F)C(F)(F)C(F)(F)C(F)(F)C(F)(F)C(F)(F)C(F)(F)F)=[N+]1C.O=S(=O)([O-])C(F)(F)F. The molecule has 5 nitrogen and oxygen atoms in total. The van der Waals surface area contributed by atoms with Crippen molar-refractivity contribution in [3.05, 3.63) is 0 Å². The minimum absolute atomic E-state index is 0.00663. The van der Waals surface area contributed by atoms with Gasteiger partial charge in [-0.15, -0.1) is 0 Å². The van der Waals surface area contributed by atoms with Crippen molar-refractivity contribution >= 4 is 16.0 Å². The maximum Gasteiger partial charge on any atom is 0.485 e. The molecule has 0 saturated heterocycles. The molecule has 1 atom stereocenters. The molecule has 1 unspecified atom stereocenters. The third-order valence-corrected chi connectivity index (χ3v) is 5.59. The molecule has 1 rings (SSSR count). The summed E-state index contributed by atoms with van der Waals surface area (Å²) in [6.45, 7) is 0.290. The van der Waals surface area contributed by atoms with Gasteiger partial charge in [0.25, 0.3) is 0 Å². The molecule has 0 bridgehead atoms. The second-order valence-electron chi connectivity index (χ2n) is 7.71. The molecule has 0 radical (unpaired) electrons. The van der Waals surface area contributed by atoms with Gasteiger partial charge >= 0.3 is 59.0 Å². The fourth-order valence-electron chi connectivity index (χ4n) is 2.56. The van der Waals surface area contributed by atoms with E-state index < -0.39 is 81.8 Å². The highest BCUT2D eigenvalue weighted by molar-refractivity contribution is 7.86. The minimum Gasteiger partial charge on any atom is -0.741 e. The van der Waals surface area contributed by atoms with E-state index in [4.69, 9.17) is 13.0 Å². The van der Waals surface area contributed by atoms with E-state index in [1.54, 1.807) is 0 Å². The first kappa shape index (κ1) is 39.0. The first-order valence-corrected chi connectivity index (χ1v) is 10.8. The monoisotopic (exact) mass is 681 g/mol. The van der Waals surface area contributed by atoms with Crippen molar-refractivity contribution in [2.45, 2.75) is 72.5 Å². The first-order valence-electron chi connectivity index (χ1n) is 9.43. The molecule has 41 heavy (non-hydrogen) atoms. The van der Waals surface area contributed by atoms with Crippen molar-refractivity contribution in [1.29, 1.82) is 0 Å². The van der Waals surface area contributed by atoms with Crippen LogP contribution in [0, 0.1) is 0 Å². The Morgan fingerprint density at radius 3 is 1.22 bits per heavy atom. The van der Waals surface area contributed by atoms with E-state index in [2.05, 4.69) is 4.74 Å². The van der Waals surface area contributed by atoms with Gasteiger partial charge in [-0.05, 0) is 0 Å². The van der Waals surface area contributed by atoms with Crippen molar-refractivity contribution in [2.24, 2.45) is 0 Å². The minimum atomic E-state index is -8.64. The van der Waals surface area contributed by atoms with E-state index in [1.807, 2.05) is 0 Å². The quantitative estimate of drug-likeness (QED) is 0.139. The van der Waals surface area contributed by atoms with E-state index in [-0.39, 0.29) is 11.0 Å². The van der Waals surface area contributed by atoms with Crippen LogP contribution in [0.4, 0.5) is 87.8 Å². The van der Waals surface area contributed by atoms with E-state index in [0.717, 1.165) is 0 Å². The lowest BCUT2D eigenvalue weighted by molar-refractivity contribution is -0.535. The van der Waals surface area contributed by atoms with E-state index >= 15 is 0 Å². The average molecular weight is 681 g/mol.